The van der Waals surface area contributed by atoms with E-state index in [2.05, 4.69) is 4.98 Å². The number of carboxylic acids is 1. The number of rotatable bonds is 5. The monoisotopic (exact) mass is 403 g/mol. The second kappa shape index (κ2) is 7.07. The highest BCUT2D eigenvalue weighted by Crippen LogP contribution is 2.35. The molecule has 1 fully saturated rings. The number of pyridine rings is 2. The van der Waals surface area contributed by atoms with E-state index in [-0.39, 0.29) is 40.1 Å². The number of carbonyl (C=O) groups is 1. The Labute approximate surface area is 163 Å². The molecule has 9 heteroatoms. The van der Waals surface area contributed by atoms with Gasteiger partial charge in [0.15, 0.2) is 5.82 Å². The van der Waals surface area contributed by atoms with Crippen molar-refractivity contribution >= 4 is 33.6 Å². The minimum absolute atomic E-state index is 0.00207. The lowest BCUT2D eigenvalue weighted by atomic mass is 9.95. The summed E-state index contributed by atoms with van der Waals surface area (Å²) in [5, 5.41) is 18.3. The maximum Gasteiger partial charge on any atom is 0.341 e. The van der Waals surface area contributed by atoms with E-state index in [1.807, 2.05) is 0 Å². The van der Waals surface area contributed by atoms with Crippen LogP contribution in [-0.2, 0) is 6.54 Å². The second-order valence-corrected chi connectivity index (χ2v) is 7.20. The van der Waals surface area contributed by atoms with Gasteiger partial charge in [0.2, 0.25) is 5.43 Å². The summed E-state index contributed by atoms with van der Waals surface area (Å²) >= 11 is 0. The van der Waals surface area contributed by atoms with Crippen molar-refractivity contribution in [2.75, 3.05) is 24.6 Å². The molecule has 1 aromatic carbocycles. The smallest absolute Gasteiger partial charge is 0.341 e. The zero-order valence-corrected chi connectivity index (χ0v) is 15.7. The van der Waals surface area contributed by atoms with Gasteiger partial charge in [0.25, 0.3) is 0 Å². The van der Waals surface area contributed by atoms with Crippen LogP contribution in [0.5, 0.6) is 0 Å². The third-order valence-corrected chi connectivity index (χ3v) is 5.38. The van der Waals surface area contributed by atoms with E-state index in [1.54, 1.807) is 11.8 Å². The fraction of sp³-hybridized carbons (Fsp3) is 0.350. The second-order valence-electron chi connectivity index (χ2n) is 7.20. The van der Waals surface area contributed by atoms with Gasteiger partial charge in [-0.25, -0.2) is 18.6 Å². The van der Waals surface area contributed by atoms with Crippen molar-refractivity contribution in [2.45, 2.75) is 19.9 Å². The van der Waals surface area contributed by atoms with Crippen LogP contribution in [0.2, 0.25) is 0 Å². The predicted octanol–water partition coefficient (Wildman–Crippen LogP) is 2.36. The Bertz CT molecular complexity index is 1200. The molecule has 0 spiro atoms. The van der Waals surface area contributed by atoms with E-state index < -0.39 is 28.6 Å². The zero-order chi connectivity index (χ0) is 20.9. The van der Waals surface area contributed by atoms with Crippen molar-refractivity contribution in [2.24, 2.45) is 5.92 Å². The number of halogens is 2. The minimum Gasteiger partial charge on any atom is -0.477 e. The Kier molecular flexibility index (Phi) is 4.70. The van der Waals surface area contributed by atoms with Gasteiger partial charge in [0.1, 0.15) is 28.2 Å². The van der Waals surface area contributed by atoms with Gasteiger partial charge in [0.05, 0.1) is 5.39 Å². The van der Waals surface area contributed by atoms with Crippen LogP contribution < -0.4 is 10.3 Å². The lowest BCUT2D eigenvalue weighted by molar-refractivity contribution is 0.0695. The predicted molar refractivity (Wildman–Crippen MR) is 103 cm³/mol. The Balaban J connectivity index is 1.93. The number of carboxylic acid groups (broad SMARTS) is 1. The van der Waals surface area contributed by atoms with Crippen LogP contribution >= 0.6 is 0 Å². The summed E-state index contributed by atoms with van der Waals surface area (Å²) in [4.78, 5) is 29.7. The van der Waals surface area contributed by atoms with Crippen molar-refractivity contribution < 1.29 is 23.8 Å². The average molecular weight is 403 g/mol. The number of aromatic carboxylic acids is 1. The number of benzene rings is 1. The number of aliphatic hydroxyl groups is 1. The number of aryl methyl sites for hydroxylation is 1. The summed E-state index contributed by atoms with van der Waals surface area (Å²) in [5.74, 6) is -2.79. The molecule has 2 aromatic heterocycles. The molecule has 152 valence electrons. The van der Waals surface area contributed by atoms with Gasteiger partial charge >= 0.3 is 5.97 Å². The number of aromatic nitrogens is 2. The van der Waals surface area contributed by atoms with Crippen LogP contribution in [-0.4, -0.2) is 45.4 Å². The molecular formula is C20H19F2N3O4. The molecule has 7 nitrogen and oxygen atoms in total. The standard InChI is InChI=1S/C20H19F2N3O4/c1-2-24-9-13(20(28)29)18(27)12-5-11-6-14(21)17(15(22)16(11)23-19(12)24)25-7-10(8-25)3-4-26/h5-6,9-10,26H,2-4,7-8H2,1H3,(H,28,29). The highest BCUT2D eigenvalue weighted by atomic mass is 19.1. The maximum atomic E-state index is 15.2. The molecule has 0 aliphatic carbocycles. The Hall–Kier alpha value is -3.07. The fourth-order valence-corrected chi connectivity index (χ4v) is 3.83. The summed E-state index contributed by atoms with van der Waals surface area (Å²) in [6.45, 7) is 2.97. The lowest BCUT2D eigenvalue weighted by Gasteiger charge is -2.41. The summed E-state index contributed by atoms with van der Waals surface area (Å²) < 4.78 is 31.4. The number of hydrogen-bond acceptors (Lipinski definition) is 5. The first-order valence-corrected chi connectivity index (χ1v) is 9.30. The first kappa shape index (κ1) is 19.3. The lowest BCUT2D eigenvalue weighted by Crippen LogP contribution is -2.48. The molecule has 4 rings (SSSR count). The molecule has 0 radical (unpaired) electrons. The van der Waals surface area contributed by atoms with Crippen molar-refractivity contribution in [3.63, 3.8) is 0 Å². The summed E-state index contributed by atoms with van der Waals surface area (Å²) in [6.07, 6.45) is 1.76. The number of aliphatic hydroxyl groups excluding tert-OH is 1. The molecular weight excluding hydrogens is 384 g/mol. The van der Waals surface area contributed by atoms with E-state index in [1.165, 1.54) is 16.8 Å². The van der Waals surface area contributed by atoms with Crippen LogP contribution in [0.3, 0.4) is 0 Å². The third-order valence-electron chi connectivity index (χ3n) is 5.38. The van der Waals surface area contributed by atoms with Crippen LogP contribution in [0.4, 0.5) is 14.5 Å². The number of nitrogens with zero attached hydrogens (tertiary/aromatic N) is 3. The van der Waals surface area contributed by atoms with Gasteiger partial charge in [-0.3, -0.25) is 4.79 Å². The molecule has 0 atom stereocenters. The zero-order valence-electron chi connectivity index (χ0n) is 15.7. The highest BCUT2D eigenvalue weighted by molar-refractivity contribution is 5.97. The minimum atomic E-state index is -1.37. The van der Waals surface area contributed by atoms with Gasteiger partial charge in [-0.2, -0.15) is 0 Å². The van der Waals surface area contributed by atoms with E-state index in [9.17, 15) is 19.1 Å². The van der Waals surface area contributed by atoms with Crippen LogP contribution in [0, 0.1) is 17.6 Å². The molecule has 1 aliphatic heterocycles. The van der Waals surface area contributed by atoms with Crippen molar-refractivity contribution in [3.8, 4) is 0 Å². The SMILES string of the molecule is CCn1cc(C(=O)O)c(=O)c2cc3cc(F)c(N4CC(CCO)C4)c(F)c3nc21. The number of hydrogen-bond donors (Lipinski definition) is 2. The normalized spacial score (nSPS) is 14.6. The van der Waals surface area contributed by atoms with Gasteiger partial charge in [-0.1, -0.05) is 0 Å². The Morgan fingerprint density at radius 2 is 2.03 bits per heavy atom. The molecule has 1 aliphatic rings. The molecule has 3 aromatic rings. The number of fused-ring (bicyclic) bond motifs is 2. The van der Waals surface area contributed by atoms with E-state index >= 15 is 4.39 Å². The topological polar surface area (TPSA) is 95.7 Å². The molecule has 3 heterocycles. The third kappa shape index (κ3) is 3.02. The first-order chi connectivity index (χ1) is 13.8. The largest absolute Gasteiger partial charge is 0.477 e. The van der Waals surface area contributed by atoms with E-state index in [0.717, 1.165) is 6.07 Å². The molecule has 1 saturated heterocycles. The molecule has 0 saturated carbocycles. The van der Waals surface area contributed by atoms with Crippen molar-refractivity contribution in [1.82, 2.24) is 9.55 Å². The molecule has 29 heavy (non-hydrogen) atoms. The highest BCUT2D eigenvalue weighted by Gasteiger charge is 2.31. The molecule has 0 unspecified atom stereocenters. The molecule has 0 bridgehead atoms. The number of anilines is 1. The van der Waals surface area contributed by atoms with Crippen LogP contribution in [0.15, 0.2) is 23.1 Å². The van der Waals surface area contributed by atoms with Gasteiger partial charge in [-0.15, -0.1) is 0 Å². The van der Waals surface area contributed by atoms with Crippen molar-refractivity contribution in [3.05, 3.63) is 45.8 Å². The van der Waals surface area contributed by atoms with Crippen molar-refractivity contribution in [1.29, 1.82) is 0 Å². The Morgan fingerprint density at radius 3 is 2.66 bits per heavy atom. The summed E-state index contributed by atoms with van der Waals surface area (Å²) in [5.41, 5.74) is -1.27. The molecule has 0 amide bonds. The fourth-order valence-electron chi connectivity index (χ4n) is 3.83. The van der Waals surface area contributed by atoms with E-state index in [4.69, 9.17) is 5.11 Å². The van der Waals surface area contributed by atoms with Gasteiger partial charge in [0, 0.05) is 37.8 Å². The Morgan fingerprint density at radius 1 is 1.31 bits per heavy atom. The van der Waals surface area contributed by atoms with E-state index in [0.29, 0.717) is 26.1 Å². The quantitative estimate of drug-likeness (QED) is 0.635. The molecule has 2 N–H and O–H groups in total. The van der Waals surface area contributed by atoms with Crippen LogP contribution in [0.1, 0.15) is 23.7 Å². The maximum absolute atomic E-state index is 15.2. The van der Waals surface area contributed by atoms with Crippen LogP contribution in [0.25, 0.3) is 21.9 Å². The summed E-state index contributed by atoms with van der Waals surface area (Å²) in [7, 11) is 0. The summed E-state index contributed by atoms with van der Waals surface area (Å²) in [6, 6.07) is 2.40. The van der Waals surface area contributed by atoms with Gasteiger partial charge in [-0.05, 0) is 31.4 Å². The van der Waals surface area contributed by atoms with Gasteiger partial charge < -0.3 is 19.7 Å². The first-order valence-electron chi connectivity index (χ1n) is 9.30. The average Bonchev–Trinajstić information content (AvgIpc) is 2.65.